The van der Waals surface area contributed by atoms with Gasteiger partial charge in [-0.1, -0.05) is 28.0 Å². The van der Waals surface area contributed by atoms with Gasteiger partial charge in [-0.2, -0.15) is 0 Å². The Bertz CT molecular complexity index is 691. The van der Waals surface area contributed by atoms with E-state index in [1.54, 1.807) is 0 Å². The van der Waals surface area contributed by atoms with Gasteiger partial charge in [-0.15, -0.1) is 0 Å². The zero-order valence-corrected chi connectivity index (χ0v) is 12.2. The lowest BCUT2D eigenvalue weighted by Crippen LogP contribution is -2.18. The van der Waals surface area contributed by atoms with E-state index in [9.17, 15) is 4.79 Å². The number of amides is 1. The van der Waals surface area contributed by atoms with Crippen molar-refractivity contribution in [2.24, 2.45) is 5.16 Å². The molecule has 7 nitrogen and oxygen atoms in total. The fraction of sp³-hybridized carbons (Fsp3) is 0.333. The SMILES string of the molecule is Cc1ccc(NC(=O)CO/N=C2/CCCc3nonc32)cc1. The zero-order valence-electron chi connectivity index (χ0n) is 12.2. The van der Waals surface area contributed by atoms with Crippen LogP contribution in [0.15, 0.2) is 34.1 Å². The molecule has 0 saturated heterocycles. The molecule has 1 aromatic heterocycles. The minimum absolute atomic E-state index is 0.155. The summed E-state index contributed by atoms with van der Waals surface area (Å²) in [6.45, 7) is 1.83. The minimum atomic E-state index is -0.262. The predicted octanol–water partition coefficient (Wildman–Crippen LogP) is 2.07. The Balaban J connectivity index is 1.54. The second-order valence-corrected chi connectivity index (χ2v) is 5.14. The van der Waals surface area contributed by atoms with E-state index in [-0.39, 0.29) is 12.5 Å². The van der Waals surface area contributed by atoms with Gasteiger partial charge in [0.1, 0.15) is 11.4 Å². The molecule has 0 radical (unpaired) electrons. The second kappa shape index (κ2) is 6.38. The third kappa shape index (κ3) is 3.30. The number of rotatable bonds is 4. The Morgan fingerprint density at radius 3 is 2.95 bits per heavy atom. The third-order valence-electron chi connectivity index (χ3n) is 3.36. The average Bonchev–Trinajstić information content (AvgIpc) is 2.99. The summed E-state index contributed by atoms with van der Waals surface area (Å²) in [5.74, 6) is -0.262. The smallest absolute Gasteiger partial charge is 0.265 e. The van der Waals surface area contributed by atoms with E-state index in [2.05, 4.69) is 20.8 Å². The van der Waals surface area contributed by atoms with Gasteiger partial charge in [0.25, 0.3) is 5.91 Å². The van der Waals surface area contributed by atoms with E-state index in [0.717, 1.165) is 36.2 Å². The molecule has 0 fully saturated rings. The summed E-state index contributed by atoms with van der Waals surface area (Å²) in [4.78, 5) is 16.9. The van der Waals surface area contributed by atoms with E-state index in [0.29, 0.717) is 11.4 Å². The Morgan fingerprint density at radius 2 is 2.14 bits per heavy atom. The van der Waals surface area contributed by atoms with Crippen LogP contribution in [-0.4, -0.2) is 28.5 Å². The first kappa shape index (κ1) is 14.2. The third-order valence-corrected chi connectivity index (χ3v) is 3.36. The van der Waals surface area contributed by atoms with Crippen molar-refractivity contribution in [1.29, 1.82) is 0 Å². The molecule has 114 valence electrons. The minimum Gasteiger partial charge on any atom is -0.385 e. The van der Waals surface area contributed by atoms with Crippen molar-refractivity contribution in [1.82, 2.24) is 10.3 Å². The maximum absolute atomic E-state index is 11.8. The van der Waals surface area contributed by atoms with Crippen LogP contribution >= 0.6 is 0 Å². The highest BCUT2D eigenvalue weighted by Crippen LogP contribution is 2.18. The number of carbonyl (C=O) groups is 1. The normalized spacial score (nSPS) is 15.4. The van der Waals surface area contributed by atoms with Gasteiger partial charge in [-0.05, 0) is 43.5 Å². The molecule has 1 N–H and O–H groups in total. The number of carbonyl (C=O) groups excluding carboxylic acids is 1. The van der Waals surface area contributed by atoms with Crippen molar-refractivity contribution < 1.29 is 14.3 Å². The molecule has 0 unspecified atom stereocenters. The Hall–Kier alpha value is -2.70. The van der Waals surface area contributed by atoms with Gasteiger partial charge >= 0.3 is 0 Å². The van der Waals surface area contributed by atoms with Crippen LogP contribution in [-0.2, 0) is 16.1 Å². The number of nitrogens with zero attached hydrogens (tertiary/aromatic N) is 3. The van der Waals surface area contributed by atoms with Crippen LogP contribution in [0.2, 0.25) is 0 Å². The number of hydrogen-bond donors (Lipinski definition) is 1. The lowest BCUT2D eigenvalue weighted by molar-refractivity contribution is -0.120. The molecule has 0 aliphatic heterocycles. The number of oxime groups is 1. The van der Waals surface area contributed by atoms with E-state index < -0.39 is 0 Å². The standard InChI is InChI=1S/C15H16N4O3/c1-10-5-7-11(8-6-10)16-14(20)9-21-17-12-3-2-4-13-15(12)19-22-18-13/h5-8H,2-4,9H2,1H3,(H,16,20)/b17-12-. The molecule has 2 aromatic rings. The molecule has 0 spiro atoms. The molecular formula is C15H16N4O3. The van der Waals surface area contributed by atoms with E-state index >= 15 is 0 Å². The van der Waals surface area contributed by atoms with Crippen LogP contribution in [0.3, 0.4) is 0 Å². The lowest BCUT2D eigenvalue weighted by Gasteiger charge is -2.09. The topological polar surface area (TPSA) is 89.6 Å². The van der Waals surface area contributed by atoms with Gasteiger partial charge in [-0.3, -0.25) is 4.79 Å². The molecule has 1 amide bonds. The van der Waals surface area contributed by atoms with Gasteiger partial charge in [0.2, 0.25) is 0 Å². The molecule has 7 heteroatoms. The summed E-state index contributed by atoms with van der Waals surface area (Å²) < 4.78 is 4.70. The fourth-order valence-corrected chi connectivity index (χ4v) is 2.22. The molecule has 0 saturated carbocycles. The largest absolute Gasteiger partial charge is 0.385 e. The van der Waals surface area contributed by atoms with Gasteiger partial charge in [-0.25, -0.2) is 4.63 Å². The van der Waals surface area contributed by atoms with Crippen LogP contribution in [0.4, 0.5) is 5.69 Å². The summed E-state index contributed by atoms with van der Waals surface area (Å²) in [5.41, 5.74) is 3.95. The van der Waals surface area contributed by atoms with E-state index in [4.69, 9.17) is 9.47 Å². The van der Waals surface area contributed by atoms with Crippen molar-refractivity contribution >= 4 is 17.3 Å². The maximum Gasteiger partial charge on any atom is 0.265 e. The van der Waals surface area contributed by atoms with Crippen molar-refractivity contribution in [3.05, 3.63) is 41.2 Å². The molecule has 1 aromatic carbocycles. The highest BCUT2D eigenvalue weighted by Gasteiger charge is 2.21. The van der Waals surface area contributed by atoms with Gasteiger partial charge in [0.15, 0.2) is 12.3 Å². The van der Waals surface area contributed by atoms with Crippen LogP contribution < -0.4 is 5.32 Å². The summed E-state index contributed by atoms with van der Waals surface area (Å²) in [5, 5.41) is 14.4. The number of hydrogen-bond acceptors (Lipinski definition) is 6. The van der Waals surface area contributed by atoms with Crippen LogP contribution in [0.1, 0.15) is 29.8 Å². The van der Waals surface area contributed by atoms with Crippen LogP contribution in [0, 0.1) is 6.92 Å². The highest BCUT2D eigenvalue weighted by atomic mass is 16.6. The highest BCUT2D eigenvalue weighted by molar-refractivity contribution is 6.00. The fourth-order valence-electron chi connectivity index (χ4n) is 2.22. The van der Waals surface area contributed by atoms with Crippen LogP contribution in [0.25, 0.3) is 0 Å². The Labute approximate surface area is 127 Å². The number of aromatic nitrogens is 2. The van der Waals surface area contributed by atoms with Crippen molar-refractivity contribution in [3.8, 4) is 0 Å². The van der Waals surface area contributed by atoms with Crippen molar-refractivity contribution in [2.75, 3.05) is 11.9 Å². The lowest BCUT2D eigenvalue weighted by atomic mass is 9.99. The zero-order chi connectivity index (χ0) is 15.4. The van der Waals surface area contributed by atoms with Crippen LogP contribution in [0.5, 0.6) is 0 Å². The molecule has 0 atom stereocenters. The van der Waals surface area contributed by atoms with Gasteiger partial charge < -0.3 is 10.2 Å². The maximum atomic E-state index is 11.8. The number of anilines is 1. The summed E-state index contributed by atoms with van der Waals surface area (Å²) in [6.07, 6.45) is 2.48. The summed E-state index contributed by atoms with van der Waals surface area (Å²) in [7, 11) is 0. The molecule has 1 aliphatic rings. The van der Waals surface area contributed by atoms with E-state index in [1.807, 2.05) is 31.2 Å². The summed E-state index contributed by atoms with van der Waals surface area (Å²) >= 11 is 0. The quantitative estimate of drug-likeness (QED) is 0.873. The first-order chi connectivity index (χ1) is 10.7. The first-order valence-electron chi connectivity index (χ1n) is 7.09. The monoisotopic (exact) mass is 300 g/mol. The molecular weight excluding hydrogens is 284 g/mol. The van der Waals surface area contributed by atoms with Crippen molar-refractivity contribution in [2.45, 2.75) is 26.2 Å². The molecule has 3 rings (SSSR count). The first-order valence-corrected chi connectivity index (χ1v) is 7.09. The Kier molecular flexibility index (Phi) is 4.13. The molecule has 1 heterocycles. The predicted molar refractivity (Wildman–Crippen MR) is 79.5 cm³/mol. The van der Waals surface area contributed by atoms with Gasteiger partial charge in [0.05, 0.1) is 0 Å². The second-order valence-electron chi connectivity index (χ2n) is 5.14. The summed E-state index contributed by atoms with van der Waals surface area (Å²) in [6, 6.07) is 7.54. The number of nitrogens with one attached hydrogen (secondary N) is 1. The molecule has 22 heavy (non-hydrogen) atoms. The Morgan fingerprint density at radius 1 is 1.32 bits per heavy atom. The van der Waals surface area contributed by atoms with Gasteiger partial charge in [0, 0.05) is 5.69 Å². The molecule has 1 aliphatic carbocycles. The number of benzene rings is 1. The van der Waals surface area contributed by atoms with Crippen molar-refractivity contribution in [3.63, 3.8) is 0 Å². The molecule has 0 bridgehead atoms. The number of fused-ring (bicyclic) bond motifs is 1. The number of aryl methyl sites for hydroxylation is 2. The van der Waals surface area contributed by atoms with E-state index in [1.165, 1.54) is 0 Å². The average molecular weight is 300 g/mol.